The number of halogens is 1. The van der Waals surface area contributed by atoms with Gasteiger partial charge in [-0.3, -0.25) is 9.78 Å². The third-order valence-corrected chi connectivity index (χ3v) is 6.93. The minimum Gasteiger partial charge on any atom is -0.434 e. The monoisotopic (exact) mass is 586 g/mol. The summed E-state index contributed by atoms with van der Waals surface area (Å²) in [7, 11) is 0. The molecule has 5 rings (SSSR count). The Kier molecular flexibility index (Phi) is 8.42. The van der Waals surface area contributed by atoms with Crippen molar-refractivity contribution in [1.82, 2.24) is 20.2 Å². The van der Waals surface area contributed by atoms with Crippen LogP contribution in [0.1, 0.15) is 48.1 Å². The number of amides is 2. The highest BCUT2D eigenvalue weighted by atomic mass is 19.1. The highest BCUT2D eigenvalue weighted by Crippen LogP contribution is 2.41. The van der Waals surface area contributed by atoms with Crippen LogP contribution in [-0.2, 0) is 21.3 Å². The van der Waals surface area contributed by atoms with Gasteiger partial charge in [-0.05, 0) is 61.0 Å². The number of hydrogen-bond acceptors (Lipinski definition) is 7. The maximum absolute atomic E-state index is 13.5. The quantitative estimate of drug-likeness (QED) is 0.257. The predicted octanol–water partition coefficient (Wildman–Crippen LogP) is 5.94. The number of aromatic amines is 1. The molecule has 0 saturated heterocycles. The second kappa shape index (κ2) is 12.4. The number of nitrogens with one attached hydrogen (secondary N) is 2. The molecule has 43 heavy (non-hydrogen) atoms. The number of carbonyl (C=O) groups is 3. The van der Waals surface area contributed by atoms with Crippen molar-refractivity contribution in [2.45, 2.75) is 32.6 Å². The molecule has 2 N–H and O–H groups in total. The van der Waals surface area contributed by atoms with Crippen molar-refractivity contribution >= 4 is 34.8 Å². The number of benzene rings is 2. The Morgan fingerprint density at radius 2 is 1.86 bits per heavy atom. The second-order valence-corrected chi connectivity index (χ2v) is 10.6. The summed E-state index contributed by atoms with van der Waals surface area (Å²) in [5.41, 5.74) is 2.38. The molecule has 2 aromatic carbocycles. The first-order chi connectivity index (χ1) is 20.6. The molecule has 11 heteroatoms. The normalized spacial score (nSPS) is 13.9. The van der Waals surface area contributed by atoms with Gasteiger partial charge in [0.15, 0.2) is 5.76 Å². The Morgan fingerprint density at radius 1 is 1.07 bits per heavy atom. The Morgan fingerprint density at radius 3 is 2.58 bits per heavy atom. The number of H-pyrrole nitrogens is 1. The van der Waals surface area contributed by atoms with Crippen LogP contribution in [0.4, 0.5) is 14.0 Å². The van der Waals surface area contributed by atoms with Crippen molar-refractivity contribution in [3.8, 4) is 5.75 Å². The molecule has 2 aromatic heterocycles. The van der Waals surface area contributed by atoms with E-state index in [-0.39, 0.29) is 24.5 Å². The summed E-state index contributed by atoms with van der Waals surface area (Å²) in [4.78, 5) is 47.3. The van der Waals surface area contributed by atoms with E-state index >= 15 is 0 Å². The predicted molar refractivity (Wildman–Crippen MR) is 157 cm³/mol. The molecular formula is C32H31FN4O6. The molecule has 0 radical (unpaired) electrons. The topological polar surface area (TPSA) is 123 Å². The van der Waals surface area contributed by atoms with Crippen molar-refractivity contribution in [2.75, 3.05) is 19.7 Å². The summed E-state index contributed by atoms with van der Waals surface area (Å²) < 4.78 is 29.6. The van der Waals surface area contributed by atoms with Crippen LogP contribution in [0.3, 0.4) is 0 Å². The zero-order valence-corrected chi connectivity index (χ0v) is 24.0. The number of pyridine rings is 1. The number of ether oxygens (including phenoxy) is 3. The number of fused-ring (bicyclic) bond motifs is 3. The largest absolute Gasteiger partial charge is 0.513 e. The van der Waals surface area contributed by atoms with Crippen LogP contribution in [0.25, 0.3) is 16.7 Å². The lowest BCUT2D eigenvalue weighted by Gasteiger charge is -2.29. The van der Waals surface area contributed by atoms with Gasteiger partial charge in [0.1, 0.15) is 11.6 Å². The van der Waals surface area contributed by atoms with Crippen LogP contribution in [0.15, 0.2) is 73.1 Å². The Bertz CT molecular complexity index is 1680. The van der Waals surface area contributed by atoms with Gasteiger partial charge in [-0.25, -0.2) is 14.0 Å². The molecule has 0 atom stereocenters. The first-order valence-corrected chi connectivity index (χ1v) is 13.8. The van der Waals surface area contributed by atoms with Gasteiger partial charge in [0.05, 0.1) is 18.5 Å². The smallest absolute Gasteiger partial charge is 0.434 e. The number of aromatic nitrogens is 2. The van der Waals surface area contributed by atoms with E-state index in [1.807, 2.05) is 38.1 Å². The summed E-state index contributed by atoms with van der Waals surface area (Å²) >= 11 is 0. The summed E-state index contributed by atoms with van der Waals surface area (Å²) in [6, 6.07) is 16.0. The molecule has 222 valence electrons. The Labute approximate surface area is 247 Å². The fraction of sp³-hybridized carbons (Fsp3) is 0.250. The van der Waals surface area contributed by atoms with Crippen molar-refractivity contribution < 1.29 is 33.0 Å². The highest BCUT2D eigenvalue weighted by molar-refractivity contribution is 5.97. The van der Waals surface area contributed by atoms with E-state index in [1.54, 1.807) is 25.3 Å². The van der Waals surface area contributed by atoms with Gasteiger partial charge in [-0.2, -0.15) is 0 Å². The summed E-state index contributed by atoms with van der Waals surface area (Å²) in [6.45, 7) is 6.25. The lowest BCUT2D eigenvalue weighted by molar-refractivity contribution is 0.0788. The Balaban J connectivity index is 1.44. The maximum atomic E-state index is 13.5. The number of rotatable bonds is 7. The number of nitrogens with zero attached hydrogens (tertiary/aromatic N) is 2. The molecule has 3 heterocycles. The van der Waals surface area contributed by atoms with Crippen LogP contribution in [0, 0.1) is 5.82 Å². The third-order valence-electron chi connectivity index (χ3n) is 6.93. The lowest BCUT2D eigenvalue weighted by Crippen LogP contribution is -2.36. The zero-order valence-electron chi connectivity index (χ0n) is 24.0. The van der Waals surface area contributed by atoms with E-state index in [2.05, 4.69) is 15.3 Å². The molecule has 0 fully saturated rings. The van der Waals surface area contributed by atoms with Gasteiger partial charge < -0.3 is 29.4 Å². The number of hydrogen-bond donors (Lipinski definition) is 2. The van der Waals surface area contributed by atoms with Crippen LogP contribution >= 0.6 is 0 Å². The second-order valence-electron chi connectivity index (χ2n) is 10.6. The van der Waals surface area contributed by atoms with Crippen molar-refractivity contribution in [2.24, 2.45) is 0 Å². The SMILES string of the molecule is CCOC(=O)OC1=CN(C(=O)c2ccc(F)cc2)CC(C)(C)c2c1[nH]c1cc(OC(=O)NCCc3ccccn3)ccc21. The minimum atomic E-state index is -0.932. The molecule has 2 amide bonds. The van der Waals surface area contributed by atoms with Crippen LogP contribution in [0.5, 0.6) is 5.75 Å². The van der Waals surface area contributed by atoms with Crippen LogP contribution < -0.4 is 10.1 Å². The average molecular weight is 587 g/mol. The third kappa shape index (κ3) is 6.66. The molecule has 0 saturated carbocycles. The van der Waals surface area contributed by atoms with E-state index in [0.717, 1.165) is 16.6 Å². The van der Waals surface area contributed by atoms with Gasteiger partial charge in [0.2, 0.25) is 0 Å². The molecule has 4 aromatic rings. The maximum Gasteiger partial charge on any atom is 0.513 e. The molecule has 1 aliphatic heterocycles. The van der Waals surface area contributed by atoms with Crippen molar-refractivity contribution in [1.29, 1.82) is 0 Å². The molecule has 0 unspecified atom stereocenters. The van der Waals surface area contributed by atoms with Gasteiger partial charge in [0, 0.05) is 59.3 Å². The summed E-state index contributed by atoms with van der Waals surface area (Å²) in [5.74, 6) is -0.471. The molecule has 10 nitrogen and oxygen atoms in total. The Hall–Kier alpha value is -5.19. The fourth-order valence-corrected chi connectivity index (χ4v) is 5.07. The summed E-state index contributed by atoms with van der Waals surface area (Å²) in [5, 5.41) is 3.51. The molecule has 0 bridgehead atoms. The zero-order chi connectivity index (χ0) is 30.6. The van der Waals surface area contributed by atoms with E-state index < -0.39 is 29.4 Å². The van der Waals surface area contributed by atoms with E-state index in [1.165, 1.54) is 35.4 Å². The van der Waals surface area contributed by atoms with E-state index in [0.29, 0.717) is 29.9 Å². The molecule has 0 aliphatic carbocycles. The summed E-state index contributed by atoms with van der Waals surface area (Å²) in [6.07, 6.45) is 2.16. The van der Waals surface area contributed by atoms with Gasteiger partial charge in [-0.15, -0.1) is 0 Å². The first-order valence-electron chi connectivity index (χ1n) is 13.8. The molecule has 0 spiro atoms. The lowest BCUT2D eigenvalue weighted by atomic mass is 9.82. The fourth-order valence-electron chi connectivity index (χ4n) is 5.07. The highest BCUT2D eigenvalue weighted by Gasteiger charge is 2.37. The van der Waals surface area contributed by atoms with E-state index in [9.17, 15) is 18.8 Å². The van der Waals surface area contributed by atoms with Crippen LogP contribution in [0.2, 0.25) is 0 Å². The standard InChI is InChI=1S/C32H31FN4O6/c1-4-41-31(40)43-26-18-37(29(38)20-8-10-21(33)11-9-20)19-32(2,3)27-24-13-12-23(17-25(24)36-28(26)27)42-30(39)35-16-14-22-7-5-6-15-34-22/h5-13,15,17-18,36H,4,14,16,19H2,1-3H3,(H,35,39). The molecule has 1 aliphatic rings. The van der Waals surface area contributed by atoms with Crippen molar-refractivity contribution in [3.05, 3.63) is 101 Å². The van der Waals surface area contributed by atoms with Crippen LogP contribution in [-0.4, -0.2) is 52.7 Å². The van der Waals surface area contributed by atoms with E-state index in [4.69, 9.17) is 14.2 Å². The van der Waals surface area contributed by atoms with Gasteiger partial charge in [-0.1, -0.05) is 19.9 Å². The van der Waals surface area contributed by atoms with Gasteiger partial charge >= 0.3 is 12.2 Å². The average Bonchev–Trinajstić information content (AvgIpc) is 3.32. The van der Waals surface area contributed by atoms with Crippen molar-refractivity contribution in [3.63, 3.8) is 0 Å². The van der Waals surface area contributed by atoms with Gasteiger partial charge in [0.25, 0.3) is 5.91 Å². The first kappa shape index (κ1) is 29.3. The molecular weight excluding hydrogens is 555 g/mol. The number of carbonyl (C=O) groups excluding carboxylic acids is 3. The minimum absolute atomic E-state index is 0.0698.